The van der Waals surface area contributed by atoms with E-state index in [2.05, 4.69) is 17.2 Å². The lowest BCUT2D eigenvalue weighted by atomic mass is 9.97. The number of anilines is 4. The van der Waals surface area contributed by atoms with Gasteiger partial charge in [-0.25, -0.2) is 0 Å². The lowest BCUT2D eigenvalue weighted by molar-refractivity contribution is 0.0974. The molecule has 0 aliphatic rings. The maximum atomic E-state index is 13.0. The van der Waals surface area contributed by atoms with Gasteiger partial charge in [-0.05, 0) is 84.7 Å². The van der Waals surface area contributed by atoms with Crippen LogP contribution in [0.1, 0.15) is 75.3 Å². The van der Waals surface area contributed by atoms with Gasteiger partial charge in [0.05, 0.1) is 0 Å². The number of amides is 2. The summed E-state index contributed by atoms with van der Waals surface area (Å²) in [4.78, 5) is 25.9. The lowest BCUT2D eigenvalue weighted by Gasteiger charge is -2.18. The van der Waals surface area contributed by atoms with Gasteiger partial charge >= 0.3 is 0 Å². The molecule has 184 valence electrons. The predicted molar refractivity (Wildman–Crippen MR) is 144 cm³/mol. The van der Waals surface area contributed by atoms with Crippen molar-refractivity contribution >= 4 is 40.6 Å². The van der Waals surface area contributed by atoms with Crippen LogP contribution in [0.25, 0.3) is 6.08 Å². The van der Waals surface area contributed by atoms with Crippen molar-refractivity contribution in [1.82, 2.24) is 0 Å². The van der Waals surface area contributed by atoms with Crippen molar-refractivity contribution in [3.63, 3.8) is 0 Å². The number of hydrogen-bond donors (Lipinski definition) is 4. The van der Waals surface area contributed by atoms with Crippen LogP contribution in [0.3, 0.4) is 0 Å². The second kappa shape index (κ2) is 10.5. The van der Waals surface area contributed by atoms with E-state index in [9.17, 15) is 9.59 Å². The highest BCUT2D eigenvalue weighted by Gasteiger charge is 2.21. The van der Waals surface area contributed by atoms with Crippen molar-refractivity contribution in [1.29, 1.82) is 0 Å². The highest BCUT2D eigenvalue weighted by Crippen LogP contribution is 2.33. The van der Waals surface area contributed by atoms with Crippen molar-refractivity contribution < 1.29 is 14.0 Å². The van der Waals surface area contributed by atoms with Gasteiger partial charge in [0.15, 0.2) is 11.5 Å². The minimum atomic E-state index is -0.463. The van der Waals surface area contributed by atoms with Gasteiger partial charge in [0, 0.05) is 22.7 Å². The summed E-state index contributed by atoms with van der Waals surface area (Å²) < 4.78 is 5.63. The number of carbonyl (C=O) groups is 2. The van der Waals surface area contributed by atoms with Crippen molar-refractivity contribution in [2.24, 2.45) is 0 Å². The number of rotatable bonds is 8. The van der Waals surface area contributed by atoms with Gasteiger partial charge < -0.3 is 26.5 Å². The van der Waals surface area contributed by atoms with Crippen LogP contribution in [-0.4, -0.2) is 11.8 Å². The van der Waals surface area contributed by atoms with Crippen LogP contribution < -0.4 is 22.1 Å². The molecule has 0 radical (unpaired) electrons. The molecule has 0 saturated carbocycles. The molecule has 2 amide bonds. The smallest absolute Gasteiger partial charge is 0.291 e. The molecule has 35 heavy (non-hydrogen) atoms. The van der Waals surface area contributed by atoms with Crippen molar-refractivity contribution in [3.05, 3.63) is 75.7 Å². The number of nitrogen functional groups attached to an aromatic ring is 2. The van der Waals surface area contributed by atoms with Gasteiger partial charge in [-0.3, -0.25) is 9.59 Å². The Bertz CT molecular complexity index is 1300. The third kappa shape index (κ3) is 4.94. The predicted octanol–water partition coefficient (Wildman–Crippen LogP) is 5.90. The van der Waals surface area contributed by atoms with Crippen LogP contribution in [0, 0.1) is 13.8 Å². The van der Waals surface area contributed by atoms with E-state index in [4.69, 9.17) is 15.9 Å². The molecule has 3 rings (SSSR count). The molecule has 0 spiro atoms. The van der Waals surface area contributed by atoms with Crippen LogP contribution in [0.5, 0.6) is 0 Å². The number of carbonyl (C=O) groups excluding carboxylic acids is 2. The van der Waals surface area contributed by atoms with E-state index in [0.29, 0.717) is 35.6 Å². The fourth-order valence-corrected chi connectivity index (χ4v) is 4.38. The molecular formula is C28H34N4O3. The van der Waals surface area contributed by atoms with Gasteiger partial charge in [-0.1, -0.05) is 39.5 Å². The molecule has 0 bridgehead atoms. The largest absolute Gasteiger partial charge is 0.446 e. The third-order valence-electron chi connectivity index (χ3n) is 6.30. The zero-order chi connectivity index (χ0) is 25.9. The summed E-state index contributed by atoms with van der Waals surface area (Å²) in [6.07, 6.45) is 3.81. The minimum Gasteiger partial charge on any atom is -0.446 e. The summed E-state index contributed by atoms with van der Waals surface area (Å²) in [5.41, 5.74) is 20.6. The Morgan fingerprint density at radius 3 is 1.80 bits per heavy atom. The molecule has 0 atom stereocenters. The Kier molecular flexibility index (Phi) is 7.69. The molecule has 0 aliphatic carbocycles. The van der Waals surface area contributed by atoms with E-state index >= 15 is 0 Å². The summed E-state index contributed by atoms with van der Waals surface area (Å²) in [5.74, 6) is -0.856. The molecule has 3 aromatic rings. The molecule has 6 N–H and O–H groups in total. The van der Waals surface area contributed by atoms with Crippen molar-refractivity contribution in [2.45, 2.75) is 53.9 Å². The van der Waals surface area contributed by atoms with Gasteiger partial charge in [-0.15, -0.1) is 0 Å². The fraction of sp³-hybridized carbons (Fsp3) is 0.286. The third-order valence-corrected chi connectivity index (χ3v) is 6.30. The molecule has 7 heteroatoms. The van der Waals surface area contributed by atoms with Gasteiger partial charge in [0.1, 0.15) is 0 Å². The summed E-state index contributed by atoms with van der Waals surface area (Å²) in [6, 6.07) is 6.83. The number of nitrogens with one attached hydrogen (secondary N) is 2. The highest BCUT2D eigenvalue weighted by molar-refractivity contribution is 6.07. The number of aryl methyl sites for hydroxylation is 3. The van der Waals surface area contributed by atoms with Crippen LogP contribution in [0.15, 0.2) is 35.3 Å². The molecule has 0 fully saturated rings. The summed E-state index contributed by atoms with van der Waals surface area (Å²) >= 11 is 0. The Morgan fingerprint density at radius 1 is 0.857 bits per heavy atom. The van der Waals surface area contributed by atoms with E-state index in [-0.39, 0.29) is 11.5 Å². The van der Waals surface area contributed by atoms with E-state index in [1.165, 1.54) is 12.1 Å². The first kappa shape index (κ1) is 25.6. The lowest BCUT2D eigenvalue weighted by Crippen LogP contribution is -2.16. The molecular weight excluding hydrogens is 440 g/mol. The second-order valence-corrected chi connectivity index (χ2v) is 8.51. The average molecular weight is 475 g/mol. The Balaban J connectivity index is 1.85. The van der Waals surface area contributed by atoms with Crippen LogP contribution in [-0.2, 0) is 19.3 Å². The van der Waals surface area contributed by atoms with Crippen LogP contribution >= 0.6 is 0 Å². The monoisotopic (exact) mass is 474 g/mol. The molecule has 2 aromatic carbocycles. The van der Waals surface area contributed by atoms with Crippen molar-refractivity contribution in [2.75, 3.05) is 22.1 Å². The van der Waals surface area contributed by atoms with E-state index < -0.39 is 11.8 Å². The Morgan fingerprint density at radius 2 is 1.34 bits per heavy atom. The maximum absolute atomic E-state index is 13.0. The number of furan rings is 1. The quantitative estimate of drug-likeness (QED) is 0.303. The summed E-state index contributed by atoms with van der Waals surface area (Å²) in [6.45, 7) is 13.6. The Labute approximate surface area is 206 Å². The van der Waals surface area contributed by atoms with Crippen LogP contribution in [0.4, 0.5) is 22.7 Å². The summed E-state index contributed by atoms with van der Waals surface area (Å²) in [7, 11) is 0. The van der Waals surface area contributed by atoms with E-state index in [1.54, 1.807) is 6.08 Å². The van der Waals surface area contributed by atoms with Crippen LogP contribution in [0.2, 0.25) is 0 Å². The molecule has 0 unspecified atom stereocenters. The van der Waals surface area contributed by atoms with E-state index in [1.807, 2.05) is 46.8 Å². The normalized spacial score (nSPS) is 10.8. The minimum absolute atomic E-state index is 0.0243. The number of hydrogen-bond acceptors (Lipinski definition) is 5. The standard InChI is InChI=1S/C28H34N4O3/c1-7-17-13-15(5)25(19(9-3)23(17)29)31-27(33)21-11-12-22(35-21)28(34)32-26-16(6)14-18(8-2)24(30)20(26)10-4/h7,11-14H,1,8-10,29-30H2,2-6H3,(H,31,33)(H,32,34). The van der Waals surface area contributed by atoms with E-state index in [0.717, 1.165) is 39.8 Å². The second-order valence-electron chi connectivity index (χ2n) is 8.51. The Hall–Kier alpha value is -4.00. The highest BCUT2D eigenvalue weighted by atomic mass is 16.4. The molecule has 0 aliphatic heterocycles. The SMILES string of the molecule is C=Cc1cc(C)c(NC(=O)c2ccc(C(=O)Nc3c(C)cc(CC)c(N)c3CC)o2)c(CC)c1N. The summed E-state index contributed by atoms with van der Waals surface area (Å²) in [5, 5.41) is 5.81. The molecule has 1 heterocycles. The first-order chi connectivity index (χ1) is 16.7. The van der Waals surface area contributed by atoms with Gasteiger partial charge in [0.25, 0.3) is 11.8 Å². The number of nitrogens with two attached hydrogens (primary N) is 2. The average Bonchev–Trinajstić information content (AvgIpc) is 3.34. The molecule has 0 saturated heterocycles. The molecule has 1 aromatic heterocycles. The number of benzene rings is 2. The zero-order valence-electron chi connectivity index (χ0n) is 21.1. The zero-order valence-corrected chi connectivity index (χ0v) is 21.1. The van der Waals surface area contributed by atoms with Gasteiger partial charge in [0.2, 0.25) is 0 Å². The maximum Gasteiger partial charge on any atom is 0.291 e. The fourth-order valence-electron chi connectivity index (χ4n) is 4.38. The first-order valence-electron chi connectivity index (χ1n) is 11.8. The molecule has 7 nitrogen and oxygen atoms in total. The van der Waals surface area contributed by atoms with Crippen molar-refractivity contribution in [3.8, 4) is 0 Å². The topological polar surface area (TPSA) is 123 Å². The first-order valence-corrected chi connectivity index (χ1v) is 11.8. The van der Waals surface area contributed by atoms with Gasteiger partial charge in [-0.2, -0.15) is 0 Å².